The van der Waals surface area contributed by atoms with E-state index in [2.05, 4.69) is 15.5 Å². The summed E-state index contributed by atoms with van der Waals surface area (Å²) in [6.45, 7) is 4.16. The Morgan fingerprint density at radius 1 is 1.24 bits per heavy atom. The van der Waals surface area contributed by atoms with E-state index in [-0.39, 0.29) is 6.03 Å². The molecule has 1 aliphatic rings. The van der Waals surface area contributed by atoms with Crippen LogP contribution in [0.25, 0.3) is 0 Å². The zero-order chi connectivity index (χ0) is 14.9. The molecule has 5 nitrogen and oxygen atoms in total. The molecule has 116 valence electrons. The predicted octanol–water partition coefficient (Wildman–Crippen LogP) is 2.69. The lowest BCUT2D eigenvalue weighted by Gasteiger charge is -2.26. The number of para-hydroxylation sites is 2. The number of hydrogen-bond donors (Lipinski definition) is 2. The van der Waals surface area contributed by atoms with Crippen molar-refractivity contribution in [1.29, 1.82) is 0 Å². The molecule has 0 saturated carbocycles. The number of urea groups is 1. The molecule has 1 aliphatic heterocycles. The first-order valence-corrected chi connectivity index (χ1v) is 7.70. The zero-order valence-electron chi connectivity index (χ0n) is 12.7. The maximum Gasteiger partial charge on any atom is 0.319 e. The van der Waals surface area contributed by atoms with Gasteiger partial charge in [-0.05, 0) is 51.0 Å². The first-order chi connectivity index (χ1) is 10.3. The molecular weight excluding hydrogens is 266 g/mol. The molecule has 5 heteroatoms. The maximum atomic E-state index is 11.8. The molecule has 2 N–H and O–H groups in total. The Balaban J connectivity index is 1.65. The van der Waals surface area contributed by atoms with Gasteiger partial charge < -0.3 is 20.3 Å². The number of likely N-dealkylation sites (tertiary alicyclic amines) is 1. The largest absolute Gasteiger partial charge is 0.495 e. The van der Waals surface area contributed by atoms with Gasteiger partial charge in [-0.3, -0.25) is 0 Å². The zero-order valence-corrected chi connectivity index (χ0v) is 12.7. The van der Waals surface area contributed by atoms with Crippen LogP contribution in [-0.4, -0.2) is 44.2 Å². The average molecular weight is 291 g/mol. The van der Waals surface area contributed by atoms with Gasteiger partial charge in [0.2, 0.25) is 0 Å². The molecule has 1 aromatic rings. The highest BCUT2D eigenvalue weighted by Gasteiger charge is 2.10. The van der Waals surface area contributed by atoms with Crippen molar-refractivity contribution in [2.45, 2.75) is 25.7 Å². The highest BCUT2D eigenvalue weighted by Crippen LogP contribution is 2.22. The number of carbonyl (C=O) groups is 1. The molecule has 0 radical (unpaired) electrons. The standard InChI is InChI=1S/C16H25N3O2/c1-21-15-9-4-3-8-14(15)18-16(20)17-10-7-13-19-11-5-2-6-12-19/h3-4,8-9H,2,5-7,10-13H2,1H3,(H2,17,18,20). The number of nitrogens with one attached hydrogen (secondary N) is 2. The number of nitrogens with zero attached hydrogens (tertiary/aromatic N) is 1. The van der Waals surface area contributed by atoms with E-state index in [0.717, 1.165) is 13.0 Å². The number of benzene rings is 1. The molecule has 1 fully saturated rings. The first-order valence-electron chi connectivity index (χ1n) is 7.70. The second-order valence-electron chi connectivity index (χ2n) is 5.34. The van der Waals surface area contributed by atoms with Crippen molar-refractivity contribution in [2.75, 3.05) is 38.6 Å². The van der Waals surface area contributed by atoms with Crippen LogP contribution < -0.4 is 15.4 Å². The normalized spacial score (nSPS) is 15.5. The summed E-state index contributed by atoms with van der Waals surface area (Å²) in [7, 11) is 1.59. The van der Waals surface area contributed by atoms with E-state index in [4.69, 9.17) is 4.74 Å². The number of ether oxygens (including phenoxy) is 1. The van der Waals surface area contributed by atoms with Crippen molar-refractivity contribution in [3.05, 3.63) is 24.3 Å². The van der Waals surface area contributed by atoms with Crippen LogP contribution in [0.15, 0.2) is 24.3 Å². The molecule has 21 heavy (non-hydrogen) atoms. The lowest BCUT2D eigenvalue weighted by Crippen LogP contribution is -2.34. The number of piperidine rings is 1. The van der Waals surface area contributed by atoms with Crippen LogP contribution in [-0.2, 0) is 0 Å². The third kappa shape index (κ3) is 5.27. The summed E-state index contributed by atoms with van der Waals surface area (Å²) in [5.74, 6) is 0.668. The van der Waals surface area contributed by atoms with Crippen molar-refractivity contribution >= 4 is 11.7 Å². The predicted molar refractivity (Wildman–Crippen MR) is 84.9 cm³/mol. The minimum atomic E-state index is -0.182. The molecule has 0 bridgehead atoms. The molecule has 0 aromatic heterocycles. The van der Waals surface area contributed by atoms with E-state index >= 15 is 0 Å². The summed E-state index contributed by atoms with van der Waals surface area (Å²) in [5, 5.41) is 5.70. The summed E-state index contributed by atoms with van der Waals surface area (Å²) >= 11 is 0. The number of anilines is 1. The SMILES string of the molecule is COc1ccccc1NC(=O)NCCCN1CCCCC1. The quantitative estimate of drug-likeness (QED) is 0.792. The van der Waals surface area contributed by atoms with Crippen LogP contribution in [0.3, 0.4) is 0 Å². The van der Waals surface area contributed by atoms with E-state index < -0.39 is 0 Å². The summed E-state index contributed by atoms with van der Waals surface area (Å²) in [6, 6.07) is 7.21. The van der Waals surface area contributed by atoms with Crippen LogP contribution >= 0.6 is 0 Å². The average Bonchev–Trinajstić information content (AvgIpc) is 2.53. The topological polar surface area (TPSA) is 53.6 Å². The highest BCUT2D eigenvalue weighted by molar-refractivity contribution is 5.90. The second kappa shape index (κ2) is 8.52. The third-order valence-corrected chi connectivity index (χ3v) is 3.74. The summed E-state index contributed by atoms with van der Waals surface area (Å²) in [5.41, 5.74) is 0.688. The molecule has 2 amide bonds. The summed E-state index contributed by atoms with van der Waals surface area (Å²) in [4.78, 5) is 14.3. The van der Waals surface area contributed by atoms with Crippen molar-refractivity contribution < 1.29 is 9.53 Å². The molecule has 0 unspecified atom stereocenters. The Kier molecular flexibility index (Phi) is 6.34. The third-order valence-electron chi connectivity index (χ3n) is 3.74. The number of amides is 2. The Labute approximate surface area is 126 Å². The number of hydrogen-bond acceptors (Lipinski definition) is 3. The van der Waals surface area contributed by atoms with Crippen molar-refractivity contribution in [3.63, 3.8) is 0 Å². The van der Waals surface area contributed by atoms with Gasteiger partial charge in [0.05, 0.1) is 12.8 Å². The van der Waals surface area contributed by atoms with Gasteiger partial charge in [0, 0.05) is 6.54 Å². The fourth-order valence-electron chi connectivity index (χ4n) is 2.60. The lowest BCUT2D eigenvalue weighted by molar-refractivity contribution is 0.224. The minimum Gasteiger partial charge on any atom is -0.495 e. The highest BCUT2D eigenvalue weighted by atomic mass is 16.5. The van der Waals surface area contributed by atoms with Crippen LogP contribution in [0, 0.1) is 0 Å². The van der Waals surface area contributed by atoms with Gasteiger partial charge >= 0.3 is 6.03 Å². The number of methoxy groups -OCH3 is 1. The maximum absolute atomic E-state index is 11.8. The molecule has 1 aromatic carbocycles. The van der Waals surface area contributed by atoms with Gasteiger partial charge in [-0.25, -0.2) is 4.79 Å². The van der Waals surface area contributed by atoms with Crippen molar-refractivity contribution in [3.8, 4) is 5.75 Å². The Morgan fingerprint density at radius 2 is 2.00 bits per heavy atom. The monoisotopic (exact) mass is 291 g/mol. The molecule has 0 spiro atoms. The Bertz CT molecular complexity index is 445. The Morgan fingerprint density at radius 3 is 2.76 bits per heavy atom. The van der Waals surface area contributed by atoms with E-state index in [1.165, 1.54) is 32.4 Å². The van der Waals surface area contributed by atoms with Crippen molar-refractivity contribution in [1.82, 2.24) is 10.2 Å². The van der Waals surface area contributed by atoms with Gasteiger partial charge in [-0.1, -0.05) is 18.6 Å². The molecule has 0 atom stereocenters. The second-order valence-corrected chi connectivity index (χ2v) is 5.34. The fraction of sp³-hybridized carbons (Fsp3) is 0.562. The summed E-state index contributed by atoms with van der Waals surface area (Å²) < 4.78 is 5.20. The van der Waals surface area contributed by atoms with Gasteiger partial charge in [0.25, 0.3) is 0 Å². The smallest absolute Gasteiger partial charge is 0.319 e. The molecule has 1 heterocycles. The molecular formula is C16H25N3O2. The van der Waals surface area contributed by atoms with Gasteiger partial charge in [0.15, 0.2) is 0 Å². The molecule has 1 saturated heterocycles. The van der Waals surface area contributed by atoms with Crippen LogP contribution in [0.1, 0.15) is 25.7 Å². The lowest BCUT2D eigenvalue weighted by atomic mass is 10.1. The van der Waals surface area contributed by atoms with Gasteiger partial charge in [-0.15, -0.1) is 0 Å². The Hall–Kier alpha value is -1.75. The molecule has 2 rings (SSSR count). The molecule has 0 aliphatic carbocycles. The van der Waals surface area contributed by atoms with E-state index in [1.807, 2.05) is 24.3 Å². The van der Waals surface area contributed by atoms with Crippen molar-refractivity contribution in [2.24, 2.45) is 0 Å². The first kappa shape index (κ1) is 15.6. The fourth-order valence-corrected chi connectivity index (χ4v) is 2.60. The van der Waals surface area contributed by atoms with E-state index in [0.29, 0.717) is 18.0 Å². The van der Waals surface area contributed by atoms with Crippen LogP contribution in [0.5, 0.6) is 5.75 Å². The number of rotatable bonds is 6. The van der Waals surface area contributed by atoms with Crippen LogP contribution in [0.2, 0.25) is 0 Å². The van der Waals surface area contributed by atoms with E-state index in [1.54, 1.807) is 7.11 Å². The summed E-state index contributed by atoms with van der Waals surface area (Å²) in [6.07, 6.45) is 4.96. The van der Waals surface area contributed by atoms with Crippen LogP contribution in [0.4, 0.5) is 10.5 Å². The van der Waals surface area contributed by atoms with E-state index in [9.17, 15) is 4.79 Å². The van der Waals surface area contributed by atoms with Gasteiger partial charge in [0.1, 0.15) is 5.75 Å². The number of carbonyl (C=O) groups excluding carboxylic acids is 1. The van der Waals surface area contributed by atoms with Gasteiger partial charge in [-0.2, -0.15) is 0 Å². The minimum absolute atomic E-state index is 0.182.